The molecule has 1 aromatic carbocycles. The van der Waals surface area contributed by atoms with Crippen molar-refractivity contribution in [2.75, 3.05) is 20.1 Å². The smallest absolute Gasteiger partial charge is 0.134 e. The van der Waals surface area contributed by atoms with Gasteiger partial charge in [0.15, 0.2) is 0 Å². The summed E-state index contributed by atoms with van der Waals surface area (Å²) in [5, 5.41) is 4.64. The molecular formula is C15H20N2O. The number of furan rings is 1. The van der Waals surface area contributed by atoms with Crippen molar-refractivity contribution in [3.8, 4) is 0 Å². The first-order valence-electron chi connectivity index (χ1n) is 6.71. The molecule has 0 aliphatic carbocycles. The van der Waals surface area contributed by atoms with Gasteiger partial charge < -0.3 is 9.73 Å². The molecule has 1 aliphatic heterocycles. The van der Waals surface area contributed by atoms with Crippen LogP contribution in [0.25, 0.3) is 11.0 Å². The van der Waals surface area contributed by atoms with E-state index in [-0.39, 0.29) is 0 Å². The third-order valence-corrected chi connectivity index (χ3v) is 3.87. The topological polar surface area (TPSA) is 28.4 Å². The molecule has 0 radical (unpaired) electrons. The van der Waals surface area contributed by atoms with Crippen molar-refractivity contribution in [1.29, 1.82) is 0 Å². The lowest BCUT2D eigenvalue weighted by molar-refractivity contribution is 0.188. The fourth-order valence-corrected chi connectivity index (χ4v) is 2.83. The monoisotopic (exact) mass is 244 g/mol. The average Bonchev–Trinajstić information content (AvgIpc) is 2.83. The molecule has 1 saturated heterocycles. The molecule has 0 saturated carbocycles. The molecule has 2 aromatic rings. The van der Waals surface area contributed by atoms with Crippen LogP contribution in [0.2, 0.25) is 0 Å². The van der Waals surface area contributed by atoms with Gasteiger partial charge in [0.05, 0.1) is 6.26 Å². The summed E-state index contributed by atoms with van der Waals surface area (Å²) >= 11 is 0. The second-order valence-electron chi connectivity index (χ2n) is 5.12. The Morgan fingerprint density at radius 1 is 1.39 bits per heavy atom. The zero-order valence-electron chi connectivity index (χ0n) is 10.9. The molecule has 1 atom stereocenters. The summed E-state index contributed by atoms with van der Waals surface area (Å²) in [5.74, 6) is 0. The largest absolute Gasteiger partial charge is 0.464 e. The third kappa shape index (κ3) is 2.28. The van der Waals surface area contributed by atoms with Crippen LogP contribution in [0.1, 0.15) is 18.4 Å². The summed E-state index contributed by atoms with van der Waals surface area (Å²) < 4.78 is 5.60. The van der Waals surface area contributed by atoms with Gasteiger partial charge in [0, 0.05) is 30.1 Å². The van der Waals surface area contributed by atoms with Gasteiger partial charge in [0.1, 0.15) is 5.58 Å². The van der Waals surface area contributed by atoms with Gasteiger partial charge in [-0.1, -0.05) is 18.2 Å². The Morgan fingerprint density at radius 2 is 2.28 bits per heavy atom. The Balaban J connectivity index is 1.76. The zero-order chi connectivity index (χ0) is 12.4. The summed E-state index contributed by atoms with van der Waals surface area (Å²) in [5.41, 5.74) is 2.30. The Bertz CT molecular complexity index is 520. The molecular weight excluding hydrogens is 224 g/mol. The number of fused-ring (bicyclic) bond motifs is 1. The van der Waals surface area contributed by atoms with Crippen LogP contribution in [0.3, 0.4) is 0 Å². The maximum atomic E-state index is 5.60. The molecule has 1 fully saturated rings. The number of benzene rings is 1. The molecule has 18 heavy (non-hydrogen) atoms. The second kappa shape index (κ2) is 5.12. The van der Waals surface area contributed by atoms with Gasteiger partial charge in [-0.15, -0.1) is 0 Å². The molecule has 1 N–H and O–H groups in total. The summed E-state index contributed by atoms with van der Waals surface area (Å²) in [6, 6.07) is 8.91. The number of hydrogen-bond donors (Lipinski definition) is 1. The van der Waals surface area contributed by atoms with E-state index < -0.39 is 0 Å². The van der Waals surface area contributed by atoms with Crippen molar-refractivity contribution < 1.29 is 4.42 Å². The van der Waals surface area contributed by atoms with Crippen molar-refractivity contribution in [3.63, 3.8) is 0 Å². The van der Waals surface area contributed by atoms with Gasteiger partial charge in [-0.2, -0.15) is 0 Å². The Morgan fingerprint density at radius 3 is 3.17 bits per heavy atom. The van der Waals surface area contributed by atoms with Crippen LogP contribution in [-0.4, -0.2) is 31.1 Å². The lowest BCUT2D eigenvalue weighted by Gasteiger charge is -2.32. The van der Waals surface area contributed by atoms with Gasteiger partial charge in [-0.25, -0.2) is 0 Å². The summed E-state index contributed by atoms with van der Waals surface area (Å²) in [4.78, 5) is 2.52. The molecule has 3 heteroatoms. The van der Waals surface area contributed by atoms with Crippen LogP contribution in [0.5, 0.6) is 0 Å². The minimum absolute atomic E-state index is 0.636. The van der Waals surface area contributed by atoms with E-state index in [2.05, 4.69) is 29.4 Å². The van der Waals surface area contributed by atoms with E-state index in [9.17, 15) is 0 Å². The van der Waals surface area contributed by atoms with E-state index in [1.165, 1.54) is 30.3 Å². The van der Waals surface area contributed by atoms with Crippen LogP contribution in [0, 0.1) is 0 Å². The quantitative estimate of drug-likeness (QED) is 0.899. The lowest BCUT2D eigenvalue weighted by Crippen LogP contribution is -2.43. The fraction of sp³-hybridized carbons (Fsp3) is 0.467. The molecule has 1 unspecified atom stereocenters. The number of nitrogens with zero attached hydrogens (tertiary/aromatic N) is 1. The molecule has 0 spiro atoms. The summed E-state index contributed by atoms with van der Waals surface area (Å²) in [7, 11) is 2.06. The highest BCUT2D eigenvalue weighted by atomic mass is 16.3. The molecule has 1 aliphatic rings. The van der Waals surface area contributed by atoms with Crippen molar-refractivity contribution in [3.05, 3.63) is 36.1 Å². The molecule has 3 rings (SSSR count). The summed E-state index contributed by atoms with van der Waals surface area (Å²) in [6.45, 7) is 3.32. The highest BCUT2D eigenvalue weighted by Gasteiger charge is 2.19. The van der Waals surface area contributed by atoms with Gasteiger partial charge in [-0.3, -0.25) is 4.90 Å². The van der Waals surface area contributed by atoms with E-state index in [4.69, 9.17) is 4.42 Å². The van der Waals surface area contributed by atoms with Gasteiger partial charge in [0.25, 0.3) is 0 Å². The van der Waals surface area contributed by atoms with Gasteiger partial charge in [-0.05, 0) is 32.5 Å². The maximum Gasteiger partial charge on any atom is 0.134 e. The first kappa shape index (κ1) is 11.8. The van der Waals surface area contributed by atoms with Crippen molar-refractivity contribution in [1.82, 2.24) is 10.2 Å². The number of para-hydroxylation sites is 1. The van der Waals surface area contributed by atoms with Crippen LogP contribution in [0.15, 0.2) is 34.9 Å². The fourth-order valence-electron chi connectivity index (χ4n) is 2.83. The SMILES string of the molecule is CNC1CCCN(Cc2coc3ccccc23)C1. The first-order chi connectivity index (χ1) is 8.86. The van der Waals surface area contributed by atoms with E-state index >= 15 is 0 Å². The Kier molecular flexibility index (Phi) is 3.35. The van der Waals surface area contributed by atoms with E-state index in [0.29, 0.717) is 6.04 Å². The van der Waals surface area contributed by atoms with Crippen LogP contribution < -0.4 is 5.32 Å². The first-order valence-corrected chi connectivity index (χ1v) is 6.71. The number of piperidine rings is 1. The Hall–Kier alpha value is -1.32. The molecule has 96 valence electrons. The number of nitrogens with one attached hydrogen (secondary N) is 1. The van der Waals surface area contributed by atoms with Gasteiger partial charge in [0.2, 0.25) is 0 Å². The van der Waals surface area contributed by atoms with Crippen LogP contribution in [0.4, 0.5) is 0 Å². The highest BCUT2D eigenvalue weighted by Crippen LogP contribution is 2.23. The number of likely N-dealkylation sites (tertiary alicyclic amines) is 1. The van der Waals surface area contributed by atoms with E-state index in [1.807, 2.05) is 18.4 Å². The normalized spacial score (nSPS) is 21.5. The summed E-state index contributed by atoms with van der Waals surface area (Å²) in [6.07, 6.45) is 4.48. The standard InChI is InChI=1S/C15H20N2O/c1-16-13-5-4-8-17(10-13)9-12-11-18-15-7-3-2-6-14(12)15/h2-3,6-7,11,13,16H,4-5,8-10H2,1H3. The highest BCUT2D eigenvalue weighted by molar-refractivity contribution is 5.80. The predicted molar refractivity (Wildman–Crippen MR) is 73.6 cm³/mol. The molecule has 0 bridgehead atoms. The maximum absolute atomic E-state index is 5.60. The average molecular weight is 244 g/mol. The number of likely N-dealkylation sites (N-methyl/N-ethyl adjacent to an activating group) is 1. The minimum atomic E-state index is 0.636. The van der Waals surface area contributed by atoms with Crippen molar-refractivity contribution in [2.24, 2.45) is 0 Å². The number of rotatable bonds is 3. The van der Waals surface area contributed by atoms with Crippen molar-refractivity contribution >= 4 is 11.0 Å². The van der Waals surface area contributed by atoms with Crippen LogP contribution >= 0.6 is 0 Å². The van der Waals surface area contributed by atoms with E-state index in [1.54, 1.807) is 0 Å². The van der Waals surface area contributed by atoms with Gasteiger partial charge >= 0.3 is 0 Å². The van der Waals surface area contributed by atoms with Crippen molar-refractivity contribution in [2.45, 2.75) is 25.4 Å². The third-order valence-electron chi connectivity index (χ3n) is 3.87. The number of hydrogen-bond acceptors (Lipinski definition) is 3. The predicted octanol–water partition coefficient (Wildman–Crippen LogP) is 2.62. The molecule has 3 nitrogen and oxygen atoms in total. The minimum Gasteiger partial charge on any atom is -0.464 e. The zero-order valence-corrected chi connectivity index (χ0v) is 10.9. The molecule has 2 heterocycles. The molecule has 0 amide bonds. The molecule has 1 aromatic heterocycles. The van der Waals surface area contributed by atoms with E-state index in [0.717, 1.165) is 18.7 Å². The second-order valence-corrected chi connectivity index (χ2v) is 5.12. The van der Waals surface area contributed by atoms with Crippen LogP contribution in [-0.2, 0) is 6.54 Å². The Labute approximate surface area is 108 Å². The lowest BCUT2D eigenvalue weighted by atomic mass is 10.0.